The molecular weight excluding hydrogens is 522 g/mol. The topological polar surface area (TPSA) is 12.0 Å². The van der Waals surface area contributed by atoms with Crippen molar-refractivity contribution < 1.29 is 0 Å². The van der Waals surface area contributed by atoms with Crippen molar-refractivity contribution in [2.45, 2.75) is 13.0 Å². The largest absolute Gasteiger partial charge is 0.306 e. The van der Waals surface area contributed by atoms with Crippen LogP contribution in [0.15, 0.2) is 41.5 Å². The number of hydrogen-bond acceptors (Lipinski definition) is 2. The summed E-state index contributed by atoms with van der Waals surface area (Å²) in [6.07, 6.45) is 0. The van der Waals surface area contributed by atoms with Crippen LogP contribution in [-0.2, 0) is 0 Å². The molecule has 1 aromatic heterocycles. The molecule has 0 fully saturated rings. The van der Waals surface area contributed by atoms with Crippen LogP contribution < -0.4 is 5.32 Å². The minimum Gasteiger partial charge on any atom is -0.306 e. The Morgan fingerprint density at radius 2 is 1.68 bits per heavy atom. The number of halogens is 4. The fourth-order valence-electron chi connectivity index (χ4n) is 1.83. The summed E-state index contributed by atoms with van der Waals surface area (Å²) >= 11 is 16.0. The molecule has 1 N–H and O–H groups in total. The van der Waals surface area contributed by atoms with E-state index < -0.39 is 0 Å². The van der Waals surface area contributed by atoms with E-state index in [0.29, 0.717) is 0 Å². The van der Waals surface area contributed by atoms with E-state index in [-0.39, 0.29) is 6.04 Å². The minimum absolute atomic E-state index is 0.200. The molecule has 1 nitrogen and oxygen atoms in total. The van der Waals surface area contributed by atoms with E-state index in [1.807, 2.05) is 6.07 Å². The van der Waals surface area contributed by atoms with Gasteiger partial charge in [0.15, 0.2) is 0 Å². The van der Waals surface area contributed by atoms with Crippen LogP contribution in [0, 0.1) is 0 Å². The van der Waals surface area contributed by atoms with E-state index in [4.69, 9.17) is 0 Å². The summed E-state index contributed by atoms with van der Waals surface area (Å²) in [6.45, 7) is 3.04. The van der Waals surface area contributed by atoms with Crippen molar-refractivity contribution >= 4 is 75.1 Å². The molecule has 1 atom stereocenters. The highest BCUT2D eigenvalue weighted by Crippen LogP contribution is 2.38. The molecule has 1 heterocycles. The van der Waals surface area contributed by atoms with Crippen LogP contribution in [0.1, 0.15) is 23.4 Å². The standard InChI is InChI=1S/C13H11Br4NS/c1-2-18-12(11-6-10(16)13(17)19-11)7-3-8(14)5-9(15)4-7/h3-6,12,18H,2H2,1H3. The van der Waals surface area contributed by atoms with Gasteiger partial charge in [0.1, 0.15) is 0 Å². The first-order chi connectivity index (χ1) is 9.01. The lowest BCUT2D eigenvalue weighted by atomic mass is 10.1. The molecule has 0 amide bonds. The van der Waals surface area contributed by atoms with Crippen molar-refractivity contribution in [2.75, 3.05) is 6.54 Å². The number of nitrogens with one attached hydrogen (secondary N) is 1. The van der Waals surface area contributed by atoms with Crippen molar-refractivity contribution in [3.8, 4) is 0 Å². The van der Waals surface area contributed by atoms with Crippen molar-refractivity contribution in [3.63, 3.8) is 0 Å². The molecule has 0 saturated carbocycles. The van der Waals surface area contributed by atoms with Gasteiger partial charge in [-0.2, -0.15) is 0 Å². The summed E-state index contributed by atoms with van der Waals surface area (Å²) in [4.78, 5) is 1.28. The highest BCUT2D eigenvalue weighted by atomic mass is 79.9. The molecule has 19 heavy (non-hydrogen) atoms. The van der Waals surface area contributed by atoms with Crippen LogP contribution in [0.4, 0.5) is 0 Å². The van der Waals surface area contributed by atoms with E-state index >= 15 is 0 Å². The van der Waals surface area contributed by atoms with Crippen molar-refractivity contribution in [2.24, 2.45) is 0 Å². The maximum Gasteiger partial charge on any atom is 0.0843 e. The van der Waals surface area contributed by atoms with Gasteiger partial charge in [0.25, 0.3) is 0 Å². The zero-order valence-electron chi connectivity index (χ0n) is 10.0. The molecule has 0 saturated heterocycles. The Hall–Kier alpha value is 0.800. The van der Waals surface area contributed by atoms with Crippen LogP contribution in [-0.4, -0.2) is 6.54 Å². The highest BCUT2D eigenvalue weighted by Gasteiger charge is 2.17. The van der Waals surface area contributed by atoms with Gasteiger partial charge in [-0.25, -0.2) is 0 Å². The number of rotatable bonds is 4. The number of thiophene rings is 1. The minimum atomic E-state index is 0.200. The average Bonchev–Trinajstić information content (AvgIpc) is 2.65. The molecule has 0 spiro atoms. The van der Waals surface area contributed by atoms with Crippen LogP contribution >= 0.6 is 75.1 Å². The molecule has 0 radical (unpaired) electrons. The Morgan fingerprint density at radius 3 is 2.16 bits per heavy atom. The van der Waals surface area contributed by atoms with Gasteiger partial charge in [-0.1, -0.05) is 38.8 Å². The SMILES string of the molecule is CCNC(c1cc(Br)cc(Br)c1)c1cc(Br)c(Br)s1. The van der Waals surface area contributed by atoms with Gasteiger partial charge in [0.05, 0.1) is 9.83 Å². The van der Waals surface area contributed by atoms with E-state index in [0.717, 1.165) is 23.7 Å². The van der Waals surface area contributed by atoms with Crippen LogP contribution in [0.2, 0.25) is 0 Å². The Morgan fingerprint density at radius 1 is 1.05 bits per heavy atom. The summed E-state index contributed by atoms with van der Waals surface area (Å²) < 4.78 is 4.38. The maximum atomic E-state index is 3.56. The summed E-state index contributed by atoms with van der Waals surface area (Å²) in [5.41, 5.74) is 1.24. The highest BCUT2D eigenvalue weighted by molar-refractivity contribution is 9.13. The molecule has 0 bridgehead atoms. The second-order valence-electron chi connectivity index (χ2n) is 3.96. The quantitative estimate of drug-likeness (QED) is 0.474. The Labute approximate surface area is 150 Å². The monoisotopic (exact) mass is 529 g/mol. The Bertz CT molecular complexity index is 542. The Balaban J connectivity index is 2.44. The number of hydrogen-bond donors (Lipinski definition) is 1. The lowest BCUT2D eigenvalue weighted by molar-refractivity contribution is 0.639. The maximum absolute atomic E-state index is 3.56. The Kier molecular flexibility index (Phi) is 6.11. The zero-order chi connectivity index (χ0) is 14.0. The second-order valence-corrected chi connectivity index (χ2v) is 9.05. The van der Waals surface area contributed by atoms with Gasteiger partial charge >= 0.3 is 0 Å². The molecule has 102 valence electrons. The van der Waals surface area contributed by atoms with Gasteiger partial charge in [0, 0.05) is 18.3 Å². The van der Waals surface area contributed by atoms with Crippen molar-refractivity contribution in [1.82, 2.24) is 5.32 Å². The molecule has 0 aliphatic rings. The van der Waals surface area contributed by atoms with Gasteiger partial charge in [-0.3, -0.25) is 0 Å². The average molecular weight is 533 g/mol. The van der Waals surface area contributed by atoms with Crippen LogP contribution in [0.25, 0.3) is 0 Å². The number of benzene rings is 1. The predicted molar refractivity (Wildman–Crippen MR) is 97.1 cm³/mol. The lowest BCUT2D eigenvalue weighted by Crippen LogP contribution is -2.21. The van der Waals surface area contributed by atoms with Gasteiger partial charge in [0.2, 0.25) is 0 Å². The third kappa shape index (κ3) is 4.14. The van der Waals surface area contributed by atoms with E-state index in [1.165, 1.54) is 10.4 Å². The molecular formula is C13H11Br4NS. The van der Waals surface area contributed by atoms with Crippen LogP contribution in [0.5, 0.6) is 0 Å². The first kappa shape index (κ1) is 16.2. The molecule has 2 aromatic rings. The molecule has 2 rings (SSSR count). The van der Waals surface area contributed by atoms with Crippen molar-refractivity contribution in [3.05, 3.63) is 51.9 Å². The summed E-state index contributed by atoms with van der Waals surface area (Å²) in [5, 5.41) is 3.54. The third-order valence-corrected chi connectivity index (χ3v) is 6.81. The van der Waals surface area contributed by atoms with E-state index in [1.54, 1.807) is 11.3 Å². The zero-order valence-corrected chi connectivity index (χ0v) is 17.2. The van der Waals surface area contributed by atoms with Crippen molar-refractivity contribution in [1.29, 1.82) is 0 Å². The predicted octanol–water partition coefficient (Wildman–Crippen LogP) is 6.50. The molecule has 1 aromatic carbocycles. The van der Waals surface area contributed by atoms with Gasteiger partial charge in [-0.15, -0.1) is 11.3 Å². The van der Waals surface area contributed by atoms with Crippen LogP contribution in [0.3, 0.4) is 0 Å². The summed E-state index contributed by atoms with van der Waals surface area (Å²) in [7, 11) is 0. The summed E-state index contributed by atoms with van der Waals surface area (Å²) in [6, 6.07) is 8.72. The second kappa shape index (κ2) is 7.18. The normalized spacial score (nSPS) is 12.7. The third-order valence-electron chi connectivity index (χ3n) is 2.58. The van der Waals surface area contributed by atoms with E-state index in [2.05, 4.69) is 94.2 Å². The molecule has 0 aliphatic heterocycles. The fraction of sp³-hybridized carbons (Fsp3) is 0.231. The first-order valence-corrected chi connectivity index (χ1v) is 9.64. The van der Waals surface area contributed by atoms with Gasteiger partial charge < -0.3 is 5.32 Å². The fourth-order valence-corrected chi connectivity index (χ4v) is 5.36. The smallest absolute Gasteiger partial charge is 0.0843 e. The summed E-state index contributed by atoms with van der Waals surface area (Å²) in [5.74, 6) is 0. The lowest BCUT2D eigenvalue weighted by Gasteiger charge is -2.17. The molecule has 1 unspecified atom stereocenters. The first-order valence-electron chi connectivity index (χ1n) is 5.65. The van der Waals surface area contributed by atoms with E-state index in [9.17, 15) is 0 Å². The molecule has 6 heteroatoms. The van der Waals surface area contributed by atoms with Gasteiger partial charge in [-0.05, 0) is 68.2 Å². The molecule has 0 aliphatic carbocycles.